The normalized spacial score (nSPS) is 17.0. The molecular formula is C27H23ClF2N4O2S. The number of nitrogens with two attached hydrogens (primary N) is 1. The molecule has 1 aliphatic rings. The van der Waals surface area contributed by atoms with E-state index < -0.39 is 28.2 Å². The quantitative estimate of drug-likeness (QED) is 0.251. The molecule has 0 bridgehead atoms. The monoisotopic (exact) mass is 540 g/mol. The van der Waals surface area contributed by atoms with E-state index in [0.29, 0.717) is 21.4 Å². The van der Waals surface area contributed by atoms with Crippen LogP contribution >= 0.6 is 22.1 Å². The van der Waals surface area contributed by atoms with E-state index in [9.17, 15) is 9.18 Å². The number of hydrogen-bond donors (Lipinski definition) is 1. The van der Waals surface area contributed by atoms with Crippen LogP contribution in [0.4, 0.5) is 14.5 Å². The summed E-state index contributed by atoms with van der Waals surface area (Å²) in [6.07, 6.45) is 0. The molecule has 0 radical (unpaired) electrons. The summed E-state index contributed by atoms with van der Waals surface area (Å²) >= 11 is 6.00. The highest BCUT2D eigenvalue weighted by Gasteiger charge is 2.31. The first-order chi connectivity index (χ1) is 17.8. The van der Waals surface area contributed by atoms with E-state index in [1.54, 1.807) is 30.3 Å². The summed E-state index contributed by atoms with van der Waals surface area (Å²) in [4.78, 5) is 15.3. The van der Waals surface area contributed by atoms with Gasteiger partial charge in [0.2, 0.25) is 5.91 Å². The number of aromatic nitrogens is 2. The fourth-order valence-corrected chi connectivity index (χ4v) is 5.47. The number of carbonyl (C=O) groups excluding carboxylic acids is 1. The van der Waals surface area contributed by atoms with Crippen LogP contribution in [0.5, 0.6) is 0 Å². The number of halogens is 3. The van der Waals surface area contributed by atoms with Gasteiger partial charge in [0.15, 0.2) is 0 Å². The van der Waals surface area contributed by atoms with Gasteiger partial charge in [0.1, 0.15) is 11.6 Å². The summed E-state index contributed by atoms with van der Waals surface area (Å²) in [5.74, 6) is 2.72. The second-order valence-electron chi connectivity index (χ2n) is 8.01. The molecule has 4 aromatic rings. The number of amides is 1. The van der Waals surface area contributed by atoms with Crippen molar-refractivity contribution in [3.8, 4) is 22.9 Å². The third-order valence-corrected chi connectivity index (χ3v) is 7.59. The van der Waals surface area contributed by atoms with Crippen LogP contribution in [0.25, 0.3) is 22.9 Å². The molecule has 1 aliphatic heterocycles. The molecule has 10 heteroatoms. The van der Waals surface area contributed by atoms with Gasteiger partial charge in [0.25, 0.3) is 11.8 Å². The summed E-state index contributed by atoms with van der Waals surface area (Å²) in [7, 11) is -0.733. The lowest BCUT2D eigenvalue weighted by atomic mass is 10.1. The third-order valence-electron chi connectivity index (χ3n) is 5.63. The Morgan fingerprint density at radius 2 is 1.68 bits per heavy atom. The number of fused-ring (bicyclic) bond motifs is 1. The van der Waals surface area contributed by atoms with E-state index in [4.69, 9.17) is 21.8 Å². The van der Waals surface area contributed by atoms with Gasteiger partial charge in [-0.05, 0) is 42.0 Å². The van der Waals surface area contributed by atoms with Crippen molar-refractivity contribution in [3.05, 3.63) is 96.0 Å². The summed E-state index contributed by atoms with van der Waals surface area (Å²) in [5, 5.41) is 8.38. The number of benzene rings is 3. The Labute approximate surface area is 220 Å². The molecule has 5 rings (SSSR count). The molecule has 3 aromatic carbocycles. The van der Waals surface area contributed by atoms with Crippen LogP contribution in [0.1, 0.15) is 5.56 Å². The van der Waals surface area contributed by atoms with Crippen molar-refractivity contribution in [2.45, 2.75) is 17.5 Å². The molecule has 1 unspecified atom stereocenters. The molecule has 0 saturated heterocycles. The van der Waals surface area contributed by atoms with Crippen molar-refractivity contribution in [1.29, 1.82) is 0 Å². The Morgan fingerprint density at radius 1 is 1.03 bits per heavy atom. The maximum Gasteiger partial charge on any atom is 0.251 e. The van der Waals surface area contributed by atoms with Crippen molar-refractivity contribution < 1.29 is 18.0 Å². The number of anilines is 1. The summed E-state index contributed by atoms with van der Waals surface area (Å²) in [5.41, 5.74) is 7.53. The van der Waals surface area contributed by atoms with Crippen LogP contribution in [-0.2, 0) is 11.3 Å². The van der Waals surface area contributed by atoms with Crippen molar-refractivity contribution >= 4 is 39.5 Å². The molecule has 0 aliphatic carbocycles. The lowest BCUT2D eigenvalue weighted by Crippen LogP contribution is -2.44. The minimum absolute atomic E-state index is 0.0137. The minimum atomic E-state index is -0.793. The molecule has 6 nitrogen and oxygen atoms in total. The molecule has 2 atom stereocenters. The first-order valence-corrected chi connectivity index (χ1v) is 13.0. The maximum atomic E-state index is 15.3. The largest absolute Gasteiger partial charge is 0.416 e. The zero-order valence-electron chi connectivity index (χ0n) is 19.7. The minimum Gasteiger partial charge on any atom is -0.416 e. The van der Waals surface area contributed by atoms with E-state index in [1.165, 1.54) is 35.2 Å². The van der Waals surface area contributed by atoms with Crippen LogP contribution < -0.4 is 10.6 Å². The topological polar surface area (TPSA) is 85.3 Å². The Kier molecular flexibility index (Phi) is 7.97. The molecular weight excluding hydrogens is 518 g/mol. The van der Waals surface area contributed by atoms with Crippen LogP contribution in [0.3, 0.4) is 0 Å². The molecule has 1 aromatic heterocycles. The fourth-order valence-electron chi connectivity index (χ4n) is 3.86. The van der Waals surface area contributed by atoms with Crippen molar-refractivity contribution in [1.82, 2.24) is 10.2 Å². The molecule has 0 spiro atoms. The Hall–Kier alpha value is -3.66. The van der Waals surface area contributed by atoms with Gasteiger partial charge in [0.05, 0.1) is 29.4 Å². The number of hydrogen-bond acceptors (Lipinski definition) is 5. The standard InChI is InChI=1S/C25H19ClF2N4O2S.C2H4/c1-35-13-20(29)25(33)32(12-14-6-8-15(26)9-7-14)21-10-17(19(28)11-22(21)35)24-31-30-23(34-24)16-4-2-3-5-18(16)27;1-2/h2-11,20H,1,12-13,29H2;1-2H2/t20-,35?;/m0./s1. The maximum absolute atomic E-state index is 15.3. The SMILES string of the molecule is C=C.C=S1C[C@H](N)C(=O)N(Cc2ccc(Cl)cc2)c2cc(-c3nnc(-c4ccccc4F)o3)c(F)cc21. The van der Waals surface area contributed by atoms with E-state index in [1.807, 2.05) is 0 Å². The van der Waals surface area contributed by atoms with Gasteiger partial charge >= 0.3 is 0 Å². The second kappa shape index (κ2) is 11.2. The lowest BCUT2D eigenvalue weighted by molar-refractivity contribution is -0.119. The van der Waals surface area contributed by atoms with E-state index in [2.05, 4.69) is 29.2 Å². The van der Waals surface area contributed by atoms with Gasteiger partial charge in [-0.2, -0.15) is 10.5 Å². The number of carbonyl (C=O) groups is 1. The van der Waals surface area contributed by atoms with Gasteiger partial charge in [-0.15, -0.1) is 23.4 Å². The third kappa shape index (κ3) is 5.39. The van der Waals surface area contributed by atoms with E-state index in [0.717, 1.165) is 5.56 Å². The highest BCUT2D eigenvalue weighted by atomic mass is 35.5. The van der Waals surface area contributed by atoms with Gasteiger partial charge in [0, 0.05) is 15.7 Å². The van der Waals surface area contributed by atoms with Crippen LogP contribution in [0.15, 0.2) is 83.1 Å². The lowest BCUT2D eigenvalue weighted by Gasteiger charge is -2.25. The van der Waals surface area contributed by atoms with Gasteiger partial charge in [-0.3, -0.25) is 4.79 Å². The van der Waals surface area contributed by atoms with Crippen LogP contribution in [0, 0.1) is 11.6 Å². The highest BCUT2D eigenvalue weighted by Crippen LogP contribution is 2.42. The zero-order valence-corrected chi connectivity index (χ0v) is 21.2. The van der Waals surface area contributed by atoms with Gasteiger partial charge in [-0.1, -0.05) is 41.7 Å². The van der Waals surface area contributed by atoms with Crippen LogP contribution in [0.2, 0.25) is 5.02 Å². The smallest absolute Gasteiger partial charge is 0.251 e. The summed E-state index contributed by atoms with van der Waals surface area (Å²) in [6.45, 7) is 6.20. The predicted molar refractivity (Wildman–Crippen MR) is 145 cm³/mol. The van der Waals surface area contributed by atoms with Gasteiger partial charge in [-0.25, -0.2) is 8.78 Å². The summed E-state index contributed by atoms with van der Waals surface area (Å²) < 4.78 is 35.1. The van der Waals surface area contributed by atoms with E-state index >= 15 is 4.39 Å². The fraction of sp³-hybridized carbons (Fsp3) is 0.111. The molecule has 37 heavy (non-hydrogen) atoms. The summed E-state index contributed by atoms with van der Waals surface area (Å²) in [6, 6.07) is 15.0. The average molecular weight is 541 g/mol. The van der Waals surface area contributed by atoms with Crippen molar-refractivity contribution in [3.63, 3.8) is 0 Å². The zero-order chi connectivity index (χ0) is 26.7. The predicted octanol–water partition coefficient (Wildman–Crippen LogP) is 6.07. The molecule has 0 saturated carbocycles. The molecule has 0 fully saturated rings. The number of rotatable bonds is 4. The second-order valence-corrected chi connectivity index (χ2v) is 10.2. The Bertz CT molecular complexity index is 1480. The first kappa shape index (κ1) is 26.4. The van der Waals surface area contributed by atoms with Crippen LogP contribution in [-0.4, -0.2) is 33.8 Å². The Balaban J connectivity index is 0.00000156. The number of nitrogens with zero attached hydrogens (tertiary/aromatic N) is 3. The molecule has 190 valence electrons. The average Bonchev–Trinajstić information content (AvgIpc) is 3.36. The molecule has 2 heterocycles. The highest BCUT2D eigenvalue weighted by molar-refractivity contribution is 8.14. The van der Waals surface area contributed by atoms with E-state index in [-0.39, 0.29) is 35.4 Å². The van der Waals surface area contributed by atoms with Crippen molar-refractivity contribution in [2.75, 3.05) is 10.7 Å². The molecule has 2 N–H and O–H groups in total. The Morgan fingerprint density at radius 3 is 2.35 bits per heavy atom. The van der Waals surface area contributed by atoms with Gasteiger partial charge < -0.3 is 15.1 Å². The first-order valence-electron chi connectivity index (χ1n) is 11.1. The molecule has 1 amide bonds. The van der Waals surface area contributed by atoms with Crippen molar-refractivity contribution in [2.24, 2.45) is 5.73 Å².